The van der Waals surface area contributed by atoms with Crippen LogP contribution in [0.1, 0.15) is 44.1 Å². The summed E-state index contributed by atoms with van der Waals surface area (Å²) in [6.45, 7) is 2.41. The zero-order valence-corrected chi connectivity index (χ0v) is 15.8. The van der Waals surface area contributed by atoms with E-state index in [9.17, 15) is 9.59 Å². The molecule has 1 saturated carbocycles. The summed E-state index contributed by atoms with van der Waals surface area (Å²) in [5, 5.41) is 10.3. The van der Waals surface area contributed by atoms with Gasteiger partial charge in [0.25, 0.3) is 0 Å². The molecule has 3 rings (SSSR count). The van der Waals surface area contributed by atoms with Crippen molar-refractivity contribution in [1.82, 2.24) is 25.1 Å². The van der Waals surface area contributed by atoms with Crippen molar-refractivity contribution in [3.05, 3.63) is 38.7 Å². The molecular weight excluding hydrogens is 386 g/mol. The molecule has 7 nitrogen and oxygen atoms in total. The fourth-order valence-electron chi connectivity index (χ4n) is 3.37. The molecule has 0 spiro atoms. The maximum absolute atomic E-state index is 12.5. The van der Waals surface area contributed by atoms with E-state index >= 15 is 0 Å². The van der Waals surface area contributed by atoms with E-state index in [1.165, 1.54) is 25.7 Å². The predicted octanol–water partition coefficient (Wildman–Crippen LogP) is 3.03. The Labute approximate surface area is 154 Å². The summed E-state index contributed by atoms with van der Waals surface area (Å²) in [5.41, 5.74) is 0.872. The topological polar surface area (TPSA) is 81.8 Å². The highest BCUT2D eigenvalue weighted by atomic mass is 79.9. The largest absolute Gasteiger partial charge is 0.377 e. The fraction of sp³-hybridized carbons (Fsp3) is 0.529. The van der Waals surface area contributed by atoms with E-state index in [0.29, 0.717) is 12.2 Å². The number of para-hydroxylation sites is 1. The normalized spacial score (nSPS) is 14.8. The fourth-order valence-corrected chi connectivity index (χ4v) is 4.00. The van der Waals surface area contributed by atoms with Gasteiger partial charge in [-0.1, -0.05) is 37.8 Å². The number of benzene rings is 1. The first-order valence-electron chi connectivity index (χ1n) is 8.66. The quantitative estimate of drug-likeness (QED) is 0.609. The minimum absolute atomic E-state index is 0.535. The van der Waals surface area contributed by atoms with Crippen LogP contribution in [-0.2, 0) is 0 Å². The lowest BCUT2D eigenvalue weighted by Crippen LogP contribution is -2.38. The van der Waals surface area contributed by atoms with Crippen LogP contribution < -0.4 is 11.0 Å². The van der Waals surface area contributed by atoms with Crippen LogP contribution in [-0.4, -0.2) is 32.4 Å². The van der Waals surface area contributed by atoms with Crippen molar-refractivity contribution in [1.29, 1.82) is 0 Å². The Morgan fingerprint density at radius 2 is 2.08 bits per heavy atom. The Hall–Kier alpha value is -1.96. The monoisotopic (exact) mass is 407 g/mol. The van der Waals surface area contributed by atoms with E-state index in [1.54, 1.807) is 0 Å². The first kappa shape index (κ1) is 17.8. The van der Waals surface area contributed by atoms with Gasteiger partial charge in [-0.25, -0.2) is 9.59 Å². The molecule has 134 valence electrons. The van der Waals surface area contributed by atoms with Gasteiger partial charge in [-0.2, -0.15) is 4.68 Å². The van der Waals surface area contributed by atoms with E-state index in [1.807, 2.05) is 25.1 Å². The highest BCUT2D eigenvalue weighted by Gasteiger charge is 2.18. The van der Waals surface area contributed by atoms with Crippen LogP contribution in [0.3, 0.4) is 0 Å². The van der Waals surface area contributed by atoms with Crippen LogP contribution in [0.25, 0.3) is 5.69 Å². The molecule has 0 aliphatic heterocycles. The Kier molecular flexibility index (Phi) is 5.67. The summed E-state index contributed by atoms with van der Waals surface area (Å²) in [7, 11) is 0. The molecule has 1 aliphatic carbocycles. The minimum atomic E-state index is -0.580. The zero-order valence-electron chi connectivity index (χ0n) is 14.2. The number of hydrogen-bond acceptors (Lipinski definition) is 4. The summed E-state index contributed by atoms with van der Waals surface area (Å²) in [6, 6.07) is 5.02. The van der Waals surface area contributed by atoms with Crippen molar-refractivity contribution >= 4 is 22.0 Å². The number of aryl methyl sites for hydroxylation is 1. The molecule has 8 heteroatoms. The summed E-state index contributed by atoms with van der Waals surface area (Å²) in [5.74, 6) is 0.791. The van der Waals surface area contributed by atoms with Crippen LogP contribution in [0.5, 0.6) is 0 Å². The molecule has 1 fully saturated rings. The standard InChI is InChI=1S/C17H22BrN5O2/c1-12-6-4-10-14(18)15(12)22-17(25)23(21-20-22)16(24)19-11-5-9-13-7-2-3-8-13/h4,6,10,13H,2-3,5,7-9,11H2,1H3,(H,19,24). The second kappa shape index (κ2) is 7.95. The molecule has 0 saturated heterocycles. The second-order valence-electron chi connectivity index (χ2n) is 6.52. The molecule has 25 heavy (non-hydrogen) atoms. The van der Waals surface area contributed by atoms with Crippen LogP contribution in [0.2, 0.25) is 0 Å². The number of tetrazole rings is 1. The Morgan fingerprint density at radius 3 is 2.80 bits per heavy atom. The van der Waals surface area contributed by atoms with Crippen molar-refractivity contribution in [3.63, 3.8) is 0 Å². The second-order valence-corrected chi connectivity index (χ2v) is 7.37. The number of nitrogens with zero attached hydrogens (tertiary/aromatic N) is 4. The molecule has 1 amide bonds. The highest BCUT2D eigenvalue weighted by molar-refractivity contribution is 9.10. The summed E-state index contributed by atoms with van der Waals surface area (Å²) in [4.78, 5) is 24.7. The maximum atomic E-state index is 12.5. The Morgan fingerprint density at radius 1 is 1.32 bits per heavy atom. The smallest absolute Gasteiger partial charge is 0.336 e. The van der Waals surface area contributed by atoms with Gasteiger partial charge in [0.05, 0.1) is 5.69 Å². The van der Waals surface area contributed by atoms with Gasteiger partial charge >= 0.3 is 11.7 Å². The molecule has 1 heterocycles. The van der Waals surface area contributed by atoms with Crippen molar-refractivity contribution in [2.24, 2.45) is 5.92 Å². The molecule has 1 aromatic carbocycles. The van der Waals surface area contributed by atoms with E-state index in [0.717, 1.165) is 38.2 Å². The van der Waals surface area contributed by atoms with Crippen LogP contribution in [0.4, 0.5) is 4.79 Å². The van der Waals surface area contributed by atoms with E-state index in [-0.39, 0.29) is 0 Å². The Balaban J connectivity index is 1.64. The van der Waals surface area contributed by atoms with Gasteiger partial charge in [0.1, 0.15) is 0 Å². The van der Waals surface area contributed by atoms with Crippen LogP contribution in [0.15, 0.2) is 27.5 Å². The van der Waals surface area contributed by atoms with Crippen molar-refractivity contribution < 1.29 is 4.79 Å². The third-order valence-corrected chi connectivity index (χ3v) is 5.35. The number of aromatic nitrogens is 4. The molecule has 0 atom stereocenters. The van der Waals surface area contributed by atoms with Gasteiger partial charge in [-0.05, 0) is 63.7 Å². The average molecular weight is 408 g/mol. The Bertz CT molecular complexity index is 787. The van der Waals surface area contributed by atoms with E-state index in [4.69, 9.17) is 0 Å². The lowest BCUT2D eigenvalue weighted by atomic mass is 10.0. The SMILES string of the molecule is Cc1cccc(Br)c1-n1nnn(C(=O)NCCCC2CCCC2)c1=O. The summed E-state index contributed by atoms with van der Waals surface area (Å²) < 4.78 is 2.63. The molecule has 2 aromatic rings. The third-order valence-electron chi connectivity index (χ3n) is 4.71. The van der Waals surface area contributed by atoms with Crippen molar-refractivity contribution in [2.75, 3.05) is 6.54 Å². The number of carbonyl (C=O) groups is 1. The molecule has 0 bridgehead atoms. The van der Waals surface area contributed by atoms with Gasteiger partial charge in [0, 0.05) is 11.0 Å². The van der Waals surface area contributed by atoms with Crippen molar-refractivity contribution in [2.45, 2.75) is 45.4 Å². The first-order chi connectivity index (χ1) is 12.1. The van der Waals surface area contributed by atoms with E-state index in [2.05, 4.69) is 31.7 Å². The molecule has 1 N–H and O–H groups in total. The van der Waals surface area contributed by atoms with Gasteiger partial charge in [-0.3, -0.25) is 0 Å². The maximum Gasteiger partial charge on any atom is 0.377 e. The zero-order chi connectivity index (χ0) is 17.8. The van der Waals surface area contributed by atoms with Gasteiger partial charge in [0.2, 0.25) is 0 Å². The molecule has 1 aromatic heterocycles. The number of rotatable bonds is 5. The number of carbonyl (C=O) groups excluding carboxylic acids is 1. The molecule has 1 aliphatic rings. The summed E-state index contributed by atoms with van der Waals surface area (Å²) >= 11 is 3.41. The van der Waals surface area contributed by atoms with Crippen molar-refractivity contribution in [3.8, 4) is 5.69 Å². The van der Waals surface area contributed by atoms with E-state index < -0.39 is 11.7 Å². The number of amides is 1. The van der Waals surface area contributed by atoms with Gasteiger partial charge in [-0.15, -0.1) is 4.68 Å². The first-order valence-corrected chi connectivity index (χ1v) is 9.46. The molecule has 0 unspecified atom stereocenters. The van der Waals surface area contributed by atoms with Gasteiger partial charge in [0.15, 0.2) is 0 Å². The predicted molar refractivity (Wildman–Crippen MR) is 98.0 cm³/mol. The lowest BCUT2D eigenvalue weighted by Gasteiger charge is -2.08. The van der Waals surface area contributed by atoms with Gasteiger partial charge < -0.3 is 5.32 Å². The molecular formula is C17H22BrN5O2. The highest BCUT2D eigenvalue weighted by Crippen LogP contribution is 2.28. The third kappa shape index (κ3) is 4.00. The lowest BCUT2D eigenvalue weighted by molar-refractivity contribution is 0.237. The van der Waals surface area contributed by atoms with Crippen LogP contribution >= 0.6 is 15.9 Å². The summed E-state index contributed by atoms with van der Waals surface area (Å²) in [6.07, 6.45) is 7.29. The number of nitrogens with one attached hydrogen (secondary N) is 1. The number of hydrogen-bond donors (Lipinski definition) is 1. The van der Waals surface area contributed by atoms with Crippen LogP contribution in [0, 0.1) is 12.8 Å². The average Bonchev–Trinajstić information content (AvgIpc) is 3.22. The molecule has 0 radical (unpaired) electrons. The minimum Gasteiger partial charge on any atom is -0.336 e. The number of halogens is 1.